The van der Waals surface area contributed by atoms with Crippen LogP contribution in [0.4, 0.5) is 0 Å². The molecule has 0 saturated carbocycles. The Kier molecular flexibility index (Phi) is 5.43. The molecule has 3 heterocycles. The lowest BCUT2D eigenvalue weighted by Gasteiger charge is -2.36. The van der Waals surface area contributed by atoms with Crippen LogP contribution in [0.1, 0.15) is 44.9 Å². The van der Waals surface area contributed by atoms with E-state index < -0.39 is 0 Å². The van der Waals surface area contributed by atoms with Crippen molar-refractivity contribution in [2.45, 2.75) is 57.5 Å². The van der Waals surface area contributed by atoms with Crippen molar-refractivity contribution >= 4 is 5.91 Å². The first-order valence-electron chi connectivity index (χ1n) is 8.67. The first kappa shape index (κ1) is 15.5. The van der Waals surface area contributed by atoms with E-state index in [1.807, 2.05) is 4.68 Å². The SMILES string of the molecule is O=C(CCN1CCCC[C@H]1Cn1cncn1)N1CCCCC1. The molecule has 1 amide bonds. The van der Waals surface area contributed by atoms with Crippen molar-refractivity contribution in [3.05, 3.63) is 12.7 Å². The Morgan fingerprint density at radius 3 is 2.68 bits per heavy atom. The van der Waals surface area contributed by atoms with Crippen molar-refractivity contribution in [3.8, 4) is 0 Å². The second kappa shape index (κ2) is 7.72. The number of nitrogens with zero attached hydrogens (tertiary/aromatic N) is 5. The summed E-state index contributed by atoms with van der Waals surface area (Å²) >= 11 is 0. The van der Waals surface area contributed by atoms with Gasteiger partial charge in [0, 0.05) is 32.1 Å². The quantitative estimate of drug-likeness (QED) is 0.828. The van der Waals surface area contributed by atoms with Gasteiger partial charge in [-0.1, -0.05) is 6.42 Å². The summed E-state index contributed by atoms with van der Waals surface area (Å²) in [6, 6.07) is 0.490. The summed E-state index contributed by atoms with van der Waals surface area (Å²) in [7, 11) is 0. The molecule has 1 aromatic rings. The van der Waals surface area contributed by atoms with Gasteiger partial charge in [0.15, 0.2) is 0 Å². The van der Waals surface area contributed by atoms with Crippen LogP contribution >= 0.6 is 0 Å². The summed E-state index contributed by atoms with van der Waals surface area (Å²) in [5.41, 5.74) is 0. The minimum absolute atomic E-state index is 0.338. The number of aromatic nitrogens is 3. The number of carbonyl (C=O) groups is 1. The third-order valence-electron chi connectivity index (χ3n) is 4.94. The fraction of sp³-hybridized carbons (Fsp3) is 0.812. The molecular weight excluding hydrogens is 278 g/mol. The molecular formula is C16H27N5O. The molecule has 3 rings (SSSR count). The molecule has 0 aliphatic carbocycles. The molecule has 2 fully saturated rings. The zero-order chi connectivity index (χ0) is 15.2. The van der Waals surface area contributed by atoms with Gasteiger partial charge in [0.05, 0.1) is 6.54 Å². The molecule has 6 nitrogen and oxygen atoms in total. The second-order valence-electron chi connectivity index (χ2n) is 6.49. The van der Waals surface area contributed by atoms with E-state index in [1.54, 1.807) is 12.7 Å². The fourth-order valence-electron chi connectivity index (χ4n) is 3.64. The monoisotopic (exact) mass is 305 g/mol. The molecule has 0 N–H and O–H groups in total. The third kappa shape index (κ3) is 4.06. The lowest BCUT2D eigenvalue weighted by atomic mass is 10.0. The van der Waals surface area contributed by atoms with Crippen LogP contribution in [0.15, 0.2) is 12.7 Å². The lowest BCUT2D eigenvalue weighted by Crippen LogP contribution is -2.44. The molecule has 2 aliphatic rings. The highest BCUT2D eigenvalue weighted by atomic mass is 16.2. The Morgan fingerprint density at radius 1 is 1.09 bits per heavy atom. The molecule has 0 bridgehead atoms. The van der Waals surface area contributed by atoms with Crippen LogP contribution < -0.4 is 0 Å². The van der Waals surface area contributed by atoms with Gasteiger partial charge in [-0.25, -0.2) is 4.98 Å². The maximum Gasteiger partial charge on any atom is 0.223 e. The van der Waals surface area contributed by atoms with Gasteiger partial charge in [-0.05, 0) is 38.6 Å². The first-order chi connectivity index (χ1) is 10.8. The number of piperidine rings is 2. The van der Waals surface area contributed by atoms with Gasteiger partial charge in [-0.3, -0.25) is 14.4 Å². The van der Waals surface area contributed by atoms with E-state index in [4.69, 9.17) is 0 Å². The summed E-state index contributed by atoms with van der Waals surface area (Å²) in [6.45, 7) is 4.79. The lowest BCUT2D eigenvalue weighted by molar-refractivity contribution is -0.132. The van der Waals surface area contributed by atoms with Gasteiger partial charge in [-0.2, -0.15) is 5.10 Å². The molecule has 122 valence electrons. The van der Waals surface area contributed by atoms with Gasteiger partial charge in [-0.15, -0.1) is 0 Å². The molecule has 0 radical (unpaired) electrons. The highest BCUT2D eigenvalue weighted by molar-refractivity contribution is 5.76. The summed E-state index contributed by atoms with van der Waals surface area (Å²) in [5.74, 6) is 0.338. The molecule has 22 heavy (non-hydrogen) atoms. The van der Waals surface area contributed by atoms with Crippen LogP contribution in [-0.2, 0) is 11.3 Å². The van der Waals surface area contributed by atoms with Crippen molar-refractivity contribution < 1.29 is 4.79 Å². The number of carbonyl (C=O) groups excluding carboxylic acids is 1. The highest BCUT2D eigenvalue weighted by Crippen LogP contribution is 2.19. The molecule has 1 aromatic heterocycles. The largest absolute Gasteiger partial charge is 0.343 e. The number of likely N-dealkylation sites (tertiary alicyclic amines) is 2. The highest BCUT2D eigenvalue weighted by Gasteiger charge is 2.24. The normalized spacial score (nSPS) is 23.6. The Bertz CT molecular complexity index is 455. The average Bonchev–Trinajstić information content (AvgIpc) is 3.07. The van der Waals surface area contributed by atoms with E-state index in [-0.39, 0.29) is 0 Å². The van der Waals surface area contributed by atoms with Crippen LogP contribution in [-0.4, -0.2) is 62.7 Å². The van der Waals surface area contributed by atoms with E-state index >= 15 is 0 Å². The van der Waals surface area contributed by atoms with Gasteiger partial charge in [0.1, 0.15) is 12.7 Å². The van der Waals surface area contributed by atoms with Crippen molar-refractivity contribution in [1.29, 1.82) is 0 Å². The van der Waals surface area contributed by atoms with Gasteiger partial charge in [0.2, 0.25) is 5.91 Å². The first-order valence-corrected chi connectivity index (χ1v) is 8.67. The van der Waals surface area contributed by atoms with Gasteiger partial charge >= 0.3 is 0 Å². The van der Waals surface area contributed by atoms with Crippen LogP contribution in [0.5, 0.6) is 0 Å². The maximum atomic E-state index is 12.3. The predicted octanol–water partition coefficient (Wildman–Crippen LogP) is 1.54. The minimum atomic E-state index is 0.338. The number of rotatable bonds is 5. The number of amides is 1. The summed E-state index contributed by atoms with van der Waals surface area (Å²) in [5, 5.41) is 4.22. The number of hydrogen-bond donors (Lipinski definition) is 0. The van der Waals surface area contributed by atoms with E-state index in [1.165, 1.54) is 38.5 Å². The minimum Gasteiger partial charge on any atom is -0.343 e. The Hall–Kier alpha value is -1.43. The van der Waals surface area contributed by atoms with E-state index in [0.29, 0.717) is 18.4 Å². The molecule has 0 unspecified atom stereocenters. The van der Waals surface area contributed by atoms with Crippen LogP contribution in [0.2, 0.25) is 0 Å². The average molecular weight is 305 g/mol. The Labute approximate surface area is 132 Å². The predicted molar refractivity (Wildman–Crippen MR) is 84.3 cm³/mol. The number of hydrogen-bond acceptors (Lipinski definition) is 4. The molecule has 0 spiro atoms. The van der Waals surface area contributed by atoms with E-state index in [0.717, 1.165) is 32.7 Å². The summed E-state index contributed by atoms with van der Waals surface area (Å²) < 4.78 is 1.91. The molecule has 2 saturated heterocycles. The van der Waals surface area contributed by atoms with Crippen molar-refractivity contribution in [2.24, 2.45) is 0 Å². The zero-order valence-corrected chi connectivity index (χ0v) is 13.4. The van der Waals surface area contributed by atoms with E-state index in [2.05, 4.69) is 19.9 Å². The van der Waals surface area contributed by atoms with Crippen LogP contribution in [0.25, 0.3) is 0 Å². The van der Waals surface area contributed by atoms with Gasteiger partial charge < -0.3 is 4.90 Å². The summed E-state index contributed by atoms with van der Waals surface area (Å²) in [4.78, 5) is 20.9. The topological polar surface area (TPSA) is 54.3 Å². The standard InChI is InChI=1S/C16H27N5O/c22-16(20-9-3-1-4-10-20)7-11-19-8-5-2-6-15(19)12-21-14-17-13-18-21/h13-15H,1-12H2/t15-/m0/s1. The van der Waals surface area contributed by atoms with E-state index in [9.17, 15) is 4.79 Å². The maximum absolute atomic E-state index is 12.3. The third-order valence-corrected chi connectivity index (χ3v) is 4.94. The second-order valence-corrected chi connectivity index (χ2v) is 6.49. The molecule has 2 aliphatic heterocycles. The molecule has 1 atom stereocenters. The van der Waals surface area contributed by atoms with Crippen molar-refractivity contribution in [1.82, 2.24) is 24.6 Å². The fourth-order valence-corrected chi connectivity index (χ4v) is 3.64. The molecule has 6 heteroatoms. The van der Waals surface area contributed by atoms with Gasteiger partial charge in [0.25, 0.3) is 0 Å². The Balaban J connectivity index is 1.49. The zero-order valence-electron chi connectivity index (χ0n) is 13.4. The van der Waals surface area contributed by atoms with Crippen molar-refractivity contribution in [3.63, 3.8) is 0 Å². The molecule has 0 aromatic carbocycles. The van der Waals surface area contributed by atoms with Crippen LogP contribution in [0, 0.1) is 0 Å². The van der Waals surface area contributed by atoms with Crippen LogP contribution in [0.3, 0.4) is 0 Å². The summed E-state index contributed by atoms with van der Waals surface area (Å²) in [6.07, 6.45) is 11.4. The van der Waals surface area contributed by atoms with Crippen molar-refractivity contribution in [2.75, 3.05) is 26.2 Å². The smallest absolute Gasteiger partial charge is 0.223 e. The Morgan fingerprint density at radius 2 is 1.91 bits per heavy atom.